The van der Waals surface area contributed by atoms with Crippen LogP contribution in [0.1, 0.15) is 57.8 Å². The number of hydrogen-bond donors (Lipinski definition) is 2. The lowest BCUT2D eigenvalue weighted by Crippen LogP contribution is -2.52. The van der Waals surface area contributed by atoms with Crippen LogP contribution >= 0.6 is 0 Å². The number of aliphatic carboxylic acids is 1. The highest BCUT2D eigenvalue weighted by molar-refractivity contribution is 5.78. The molecule has 2 aliphatic carbocycles. The van der Waals surface area contributed by atoms with E-state index in [0.29, 0.717) is 18.3 Å². The summed E-state index contributed by atoms with van der Waals surface area (Å²) in [6, 6.07) is 0. The molecule has 2 aliphatic rings. The Balaban J connectivity index is 1.99. The van der Waals surface area contributed by atoms with Crippen molar-refractivity contribution in [2.24, 2.45) is 11.1 Å². The third-order valence-electron chi connectivity index (χ3n) is 4.54. The van der Waals surface area contributed by atoms with Crippen LogP contribution in [0.2, 0.25) is 0 Å². The van der Waals surface area contributed by atoms with Gasteiger partial charge in [0, 0.05) is 0 Å². The van der Waals surface area contributed by atoms with Gasteiger partial charge in [-0.05, 0) is 43.9 Å². The summed E-state index contributed by atoms with van der Waals surface area (Å²) in [5, 5.41) is 9.06. The Bertz CT molecular complexity index is 246. The van der Waals surface area contributed by atoms with Gasteiger partial charge in [-0.25, -0.2) is 0 Å². The van der Waals surface area contributed by atoms with Crippen LogP contribution in [0, 0.1) is 5.41 Å². The van der Waals surface area contributed by atoms with E-state index < -0.39 is 11.5 Å². The Morgan fingerprint density at radius 1 is 0.933 bits per heavy atom. The lowest BCUT2D eigenvalue weighted by Gasteiger charge is -2.45. The quantitative estimate of drug-likeness (QED) is 0.699. The first kappa shape index (κ1) is 10.9. The number of nitrogens with two attached hydrogens (primary N) is 1. The van der Waals surface area contributed by atoms with Crippen molar-refractivity contribution in [1.82, 2.24) is 0 Å². The van der Waals surface area contributed by atoms with E-state index in [4.69, 9.17) is 10.8 Å². The molecule has 1 spiro atoms. The van der Waals surface area contributed by atoms with Crippen molar-refractivity contribution in [3.05, 3.63) is 0 Å². The van der Waals surface area contributed by atoms with Crippen molar-refractivity contribution < 1.29 is 9.90 Å². The van der Waals surface area contributed by atoms with Gasteiger partial charge >= 0.3 is 5.97 Å². The molecule has 0 aromatic carbocycles. The molecule has 86 valence electrons. The first-order chi connectivity index (χ1) is 7.06. The van der Waals surface area contributed by atoms with Gasteiger partial charge in [-0.1, -0.05) is 19.3 Å². The molecule has 2 saturated carbocycles. The normalized spacial score (nSPS) is 28.9. The first-order valence-corrected chi connectivity index (χ1v) is 6.09. The SMILES string of the molecule is NC1(C(=O)O)CCC2(CCCCC2)CC1. The Morgan fingerprint density at radius 3 is 1.93 bits per heavy atom. The van der Waals surface area contributed by atoms with E-state index in [1.807, 2.05) is 0 Å². The highest BCUT2D eigenvalue weighted by Gasteiger charge is 2.44. The third-order valence-corrected chi connectivity index (χ3v) is 4.54. The second-order valence-electron chi connectivity index (χ2n) is 5.52. The fraction of sp³-hybridized carbons (Fsp3) is 0.917. The molecule has 0 heterocycles. The molecule has 3 N–H and O–H groups in total. The summed E-state index contributed by atoms with van der Waals surface area (Å²) in [6.45, 7) is 0. The standard InChI is InChI=1S/C12H21NO2/c13-12(10(14)15)8-6-11(7-9-12)4-2-1-3-5-11/h1-9,13H2,(H,14,15). The van der Waals surface area contributed by atoms with Gasteiger partial charge in [0.05, 0.1) is 0 Å². The Morgan fingerprint density at radius 2 is 1.47 bits per heavy atom. The van der Waals surface area contributed by atoms with Gasteiger partial charge in [-0.2, -0.15) is 0 Å². The maximum atomic E-state index is 11.0. The first-order valence-electron chi connectivity index (χ1n) is 6.09. The zero-order valence-corrected chi connectivity index (χ0v) is 9.30. The number of carbonyl (C=O) groups is 1. The number of hydrogen-bond acceptors (Lipinski definition) is 2. The Kier molecular flexibility index (Phi) is 2.75. The van der Waals surface area contributed by atoms with Crippen LogP contribution in [0.3, 0.4) is 0 Å². The van der Waals surface area contributed by atoms with E-state index in [-0.39, 0.29) is 0 Å². The largest absolute Gasteiger partial charge is 0.480 e. The zero-order valence-electron chi connectivity index (χ0n) is 9.30. The van der Waals surface area contributed by atoms with Crippen molar-refractivity contribution in [3.8, 4) is 0 Å². The fourth-order valence-corrected chi connectivity index (χ4v) is 3.24. The van der Waals surface area contributed by atoms with Crippen molar-refractivity contribution in [3.63, 3.8) is 0 Å². The van der Waals surface area contributed by atoms with Crippen molar-refractivity contribution in [1.29, 1.82) is 0 Å². The van der Waals surface area contributed by atoms with Gasteiger partial charge in [0.25, 0.3) is 0 Å². The molecule has 0 saturated heterocycles. The number of rotatable bonds is 1. The number of carboxylic acids is 1. The molecular formula is C12H21NO2. The van der Waals surface area contributed by atoms with Gasteiger partial charge in [0.2, 0.25) is 0 Å². The molecular weight excluding hydrogens is 190 g/mol. The molecule has 0 aromatic rings. The van der Waals surface area contributed by atoms with Crippen LogP contribution in [0.25, 0.3) is 0 Å². The highest BCUT2D eigenvalue weighted by Crippen LogP contribution is 2.49. The minimum atomic E-state index is -0.928. The van der Waals surface area contributed by atoms with Crippen LogP contribution in [0.4, 0.5) is 0 Å². The van der Waals surface area contributed by atoms with E-state index >= 15 is 0 Å². The van der Waals surface area contributed by atoms with Crippen molar-refractivity contribution in [2.45, 2.75) is 63.3 Å². The van der Waals surface area contributed by atoms with Gasteiger partial charge < -0.3 is 10.8 Å². The monoisotopic (exact) mass is 211 g/mol. The molecule has 0 unspecified atom stereocenters. The minimum Gasteiger partial charge on any atom is -0.480 e. The van der Waals surface area contributed by atoms with Crippen LogP contribution in [-0.2, 0) is 4.79 Å². The van der Waals surface area contributed by atoms with E-state index in [9.17, 15) is 4.79 Å². The van der Waals surface area contributed by atoms with Crippen molar-refractivity contribution in [2.75, 3.05) is 0 Å². The molecule has 3 nitrogen and oxygen atoms in total. The molecule has 0 amide bonds. The van der Waals surface area contributed by atoms with Crippen molar-refractivity contribution >= 4 is 5.97 Å². The van der Waals surface area contributed by atoms with Crippen LogP contribution in [-0.4, -0.2) is 16.6 Å². The average Bonchev–Trinajstić information content (AvgIpc) is 2.24. The van der Waals surface area contributed by atoms with Gasteiger partial charge in [-0.15, -0.1) is 0 Å². The predicted molar refractivity (Wildman–Crippen MR) is 58.5 cm³/mol. The lowest BCUT2D eigenvalue weighted by molar-refractivity contribution is -0.145. The lowest BCUT2D eigenvalue weighted by atomic mass is 9.61. The summed E-state index contributed by atoms with van der Waals surface area (Å²) in [7, 11) is 0. The van der Waals surface area contributed by atoms with E-state index in [2.05, 4.69) is 0 Å². The third kappa shape index (κ3) is 2.03. The smallest absolute Gasteiger partial charge is 0.323 e. The van der Waals surface area contributed by atoms with E-state index in [1.54, 1.807) is 0 Å². The molecule has 0 radical (unpaired) electrons. The Labute approximate surface area is 91.0 Å². The second-order valence-corrected chi connectivity index (χ2v) is 5.52. The second kappa shape index (κ2) is 3.78. The van der Waals surface area contributed by atoms with Gasteiger partial charge in [0.15, 0.2) is 0 Å². The summed E-state index contributed by atoms with van der Waals surface area (Å²) in [5.41, 5.74) is 5.42. The average molecular weight is 211 g/mol. The predicted octanol–water partition coefficient (Wildman–Crippen LogP) is 2.29. The van der Waals surface area contributed by atoms with E-state index in [1.165, 1.54) is 32.1 Å². The maximum absolute atomic E-state index is 11.0. The van der Waals surface area contributed by atoms with Crippen LogP contribution in [0.5, 0.6) is 0 Å². The summed E-state index contributed by atoms with van der Waals surface area (Å²) >= 11 is 0. The Hall–Kier alpha value is -0.570. The molecule has 0 bridgehead atoms. The molecule has 0 aliphatic heterocycles. The summed E-state index contributed by atoms with van der Waals surface area (Å²) in [4.78, 5) is 11.0. The van der Waals surface area contributed by atoms with Gasteiger partial charge in [-0.3, -0.25) is 4.79 Å². The highest BCUT2D eigenvalue weighted by atomic mass is 16.4. The molecule has 0 atom stereocenters. The minimum absolute atomic E-state index is 0.455. The van der Waals surface area contributed by atoms with E-state index in [0.717, 1.165) is 12.8 Å². The molecule has 0 aromatic heterocycles. The summed E-state index contributed by atoms with van der Waals surface area (Å²) in [5.74, 6) is -0.812. The zero-order chi connectivity index (χ0) is 10.9. The summed E-state index contributed by atoms with van der Waals surface area (Å²) < 4.78 is 0. The fourth-order valence-electron chi connectivity index (χ4n) is 3.24. The number of carboxylic acid groups (broad SMARTS) is 1. The topological polar surface area (TPSA) is 63.3 Å². The van der Waals surface area contributed by atoms with Crippen LogP contribution < -0.4 is 5.73 Å². The summed E-state index contributed by atoms with van der Waals surface area (Å²) in [6.07, 6.45) is 9.98. The molecule has 2 rings (SSSR count). The molecule has 2 fully saturated rings. The van der Waals surface area contributed by atoms with Crippen LogP contribution in [0.15, 0.2) is 0 Å². The maximum Gasteiger partial charge on any atom is 0.323 e. The molecule has 3 heteroatoms. The van der Waals surface area contributed by atoms with Gasteiger partial charge in [0.1, 0.15) is 5.54 Å². The molecule has 15 heavy (non-hydrogen) atoms.